The maximum Gasteiger partial charge on any atom is 0.244 e. The zero-order valence-electron chi connectivity index (χ0n) is 9.58. The monoisotopic (exact) mass is 244 g/mol. The van der Waals surface area contributed by atoms with Crippen LogP contribution in [0.1, 0.15) is 12.8 Å². The molecule has 0 atom stereocenters. The molecular formula is C11H12N6O. The number of pyridine rings is 1. The number of amides is 1. The van der Waals surface area contributed by atoms with E-state index >= 15 is 0 Å². The Morgan fingerprint density at radius 3 is 2.83 bits per heavy atom. The molecule has 2 aromatic rings. The fraction of sp³-hybridized carbons (Fsp3) is 0.273. The average molecular weight is 244 g/mol. The van der Waals surface area contributed by atoms with Gasteiger partial charge in [0.05, 0.1) is 17.4 Å². The first-order valence-electron chi connectivity index (χ1n) is 5.59. The summed E-state index contributed by atoms with van der Waals surface area (Å²) in [5, 5.41) is 6.71. The number of carbonyl (C=O) groups excluding carboxylic acids is 1. The Morgan fingerprint density at radius 2 is 2.28 bits per heavy atom. The number of nitrogens with one attached hydrogen (secondary N) is 1. The summed E-state index contributed by atoms with van der Waals surface area (Å²) >= 11 is 0. The van der Waals surface area contributed by atoms with Gasteiger partial charge in [-0.15, -0.1) is 0 Å². The Balaban J connectivity index is 1.73. The summed E-state index contributed by atoms with van der Waals surface area (Å²) in [7, 11) is 0. The topological polar surface area (TPSA) is 98.7 Å². The van der Waals surface area contributed by atoms with Crippen molar-refractivity contribution in [1.82, 2.24) is 19.7 Å². The molecule has 3 N–H and O–H groups in total. The fourth-order valence-electron chi connectivity index (χ4n) is 1.54. The number of nitrogens with two attached hydrogens (primary N) is 1. The Kier molecular flexibility index (Phi) is 2.34. The molecule has 0 aliphatic heterocycles. The molecule has 0 spiro atoms. The highest BCUT2D eigenvalue weighted by Crippen LogP contribution is 2.33. The van der Waals surface area contributed by atoms with Crippen molar-refractivity contribution >= 4 is 11.6 Å². The predicted octanol–water partition coefficient (Wildman–Crippen LogP) is 0.0921. The third kappa shape index (κ3) is 1.95. The van der Waals surface area contributed by atoms with E-state index in [2.05, 4.69) is 20.4 Å². The van der Waals surface area contributed by atoms with Gasteiger partial charge in [0.2, 0.25) is 5.91 Å². The van der Waals surface area contributed by atoms with Crippen LogP contribution in [0.5, 0.6) is 0 Å². The van der Waals surface area contributed by atoms with Crippen molar-refractivity contribution in [3.05, 3.63) is 31.0 Å². The van der Waals surface area contributed by atoms with Crippen LogP contribution in [0.4, 0.5) is 5.69 Å². The Morgan fingerprint density at radius 1 is 1.44 bits per heavy atom. The molecule has 1 aliphatic carbocycles. The minimum absolute atomic E-state index is 0.155. The highest BCUT2D eigenvalue weighted by molar-refractivity contribution is 5.99. The smallest absolute Gasteiger partial charge is 0.244 e. The van der Waals surface area contributed by atoms with E-state index in [0.29, 0.717) is 11.5 Å². The normalized spacial score (nSPS) is 16.3. The van der Waals surface area contributed by atoms with Crippen LogP contribution in [0.15, 0.2) is 31.0 Å². The van der Waals surface area contributed by atoms with Crippen LogP contribution in [0.25, 0.3) is 5.82 Å². The molecule has 0 unspecified atom stereocenters. The van der Waals surface area contributed by atoms with E-state index < -0.39 is 5.54 Å². The Hall–Kier alpha value is -2.28. The summed E-state index contributed by atoms with van der Waals surface area (Å²) < 4.78 is 1.54. The van der Waals surface area contributed by atoms with Gasteiger partial charge in [-0.05, 0) is 25.0 Å². The van der Waals surface area contributed by atoms with E-state index in [1.54, 1.807) is 24.7 Å². The molecule has 1 amide bonds. The van der Waals surface area contributed by atoms with E-state index in [4.69, 9.17) is 5.73 Å². The largest absolute Gasteiger partial charge is 0.323 e. The first-order chi connectivity index (χ1) is 8.67. The molecule has 0 bridgehead atoms. The summed E-state index contributed by atoms with van der Waals surface area (Å²) in [6.07, 6.45) is 6.04. The zero-order chi connectivity index (χ0) is 12.6. The minimum Gasteiger partial charge on any atom is -0.323 e. The van der Waals surface area contributed by atoms with Gasteiger partial charge in [-0.3, -0.25) is 4.79 Å². The van der Waals surface area contributed by atoms with Gasteiger partial charge in [-0.1, -0.05) is 0 Å². The molecular weight excluding hydrogens is 232 g/mol. The van der Waals surface area contributed by atoms with E-state index in [1.165, 1.54) is 11.0 Å². The first kappa shape index (κ1) is 10.8. The van der Waals surface area contributed by atoms with Gasteiger partial charge in [0.15, 0.2) is 5.82 Å². The maximum absolute atomic E-state index is 11.7. The van der Waals surface area contributed by atoms with Crippen molar-refractivity contribution in [3.8, 4) is 5.82 Å². The third-order valence-electron chi connectivity index (χ3n) is 2.90. The predicted molar refractivity (Wildman–Crippen MR) is 63.9 cm³/mol. The molecule has 0 aromatic carbocycles. The van der Waals surface area contributed by atoms with Gasteiger partial charge in [0.25, 0.3) is 0 Å². The summed E-state index contributed by atoms with van der Waals surface area (Å²) in [5.74, 6) is 0.484. The number of aromatic nitrogens is 4. The number of hydrogen-bond donors (Lipinski definition) is 2. The standard InChI is InChI=1S/C11H12N6O/c12-11(3-4-11)10(18)16-8-1-2-9(14-5-8)17-7-13-6-15-17/h1-2,5-7H,3-4,12H2,(H,16,18). The molecule has 18 heavy (non-hydrogen) atoms. The van der Waals surface area contributed by atoms with Crippen molar-refractivity contribution in [3.63, 3.8) is 0 Å². The molecule has 0 saturated heterocycles. The van der Waals surface area contributed by atoms with Gasteiger partial charge < -0.3 is 11.1 Å². The van der Waals surface area contributed by atoms with Crippen molar-refractivity contribution < 1.29 is 4.79 Å². The summed E-state index contributed by atoms with van der Waals surface area (Å²) in [5.41, 5.74) is 5.74. The lowest BCUT2D eigenvalue weighted by Gasteiger charge is -2.09. The van der Waals surface area contributed by atoms with Gasteiger partial charge in [0, 0.05) is 0 Å². The lowest BCUT2D eigenvalue weighted by atomic mass is 10.2. The van der Waals surface area contributed by atoms with E-state index in [-0.39, 0.29) is 5.91 Å². The average Bonchev–Trinajstić information content (AvgIpc) is 2.94. The molecule has 2 aromatic heterocycles. The van der Waals surface area contributed by atoms with Crippen LogP contribution >= 0.6 is 0 Å². The van der Waals surface area contributed by atoms with Gasteiger partial charge in [0.1, 0.15) is 12.7 Å². The van der Waals surface area contributed by atoms with Gasteiger partial charge in [-0.25, -0.2) is 14.6 Å². The second kappa shape index (κ2) is 3.88. The second-order valence-corrected chi connectivity index (χ2v) is 4.36. The Bertz CT molecular complexity index is 558. The van der Waals surface area contributed by atoms with E-state index in [9.17, 15) is 4.79 Å². The maximum atomic E-state index is 11.7. The Labute approximate surface area is 103 Å². The second-order valence-electron chi connectivity index (χ2n) is 4.36. The van der Waals surface area contributed by atoms with Crippen LogP contribution in [-0.4, -0.2) is 31.2 Å². The van der Waals surface area contributed by atoms with Gasteiger partial charge >= 0.3 is 0 Å². The highest BCUT2D eigenvalue weighted by Gasteiger charge is 2.45. The van der Waals surface area contributed by atoms with Crippen LogP contribution < -0.4 is 11.1 Å². The number of carbonyl (C=O) groups is 1. The molecule has 92 valence electrons. The van der Waals surface area contributed by atoms with Crippen LogP contribution in [0, 0.1) is 0 Å². The highest BCUT2D eigenvalue weighted by atomic mass is 16.2. The molecule has 0 radical (unpaired) electrons. The molecule has 1 aliphatic rings. The zero-order valence-corrected chi connectivity index (χ0v) is 9.58. The van der Waals surface area contributed by atoms with Crippen molar-refractivity contribution in [2.24, 2.45) is 5.73 Å². The molecule has 1 saturated carbocycles. The van der Waals surface area contributed by atoms with Crippen LogP contribution in [0.2, 0.25) is 0 Å². The number of anilines is 1. The van der Waals surface area contributed by atoms with Crippen molar-refractivity contribution in [2.75, 3.05) is 5.32 Å². The number of rotatable bonds is 3. The molecule has 7 heteroatoms. The lowest BCUT2D eigenvalue weighted by Crippen LogP contribution is -2.37. The van der Waals surface area contributed by atoms with Crippen LogP contribution in [0.3, 0.4) is 0 Å². The molecule has 7 nitrogen and oxygen atoms in total. The van der Waals surface area contributed by atoms with E-state index in [1.807, 2.05) is 0 Å². The third-order valence-corrected chi connectivity index (χ3v) is 2.90. The van der Waals surface area contributed by atoms with Crippen LogP contribution in [-0.2, 0) is 4.79 Å². The number of hydrogen-bond acceptors (Lipinski definition) is 5. The summed E-state index contributed by atoms with van der Waals surface area (Å²) in [4.78, 5) is 19.7. The van der Waals surface area contributed by atoms with Crippen molar-refractivity contribution in [2.45, 2.75) is 18.4 Å². The van der Waals surface area contributed by atoms with E-state index in [0.717, 1.165) is 12.8 Å². The minimum atomic E-state index is -0.676. The summed E-state index contributed by atoms with van der Waals surface area (Å²) in [6, 6.07) is 3.51. The molecule has 3 rings (SSSR count). The molecule has 1 fully saturated rings. The fourth-order valence-corrected chi connectivity index (χ4v) is 1.54. The quantitative estimate of drug-likeness (QED) is 0.797. The SMILES string of the molecule is NC1(C(=O)Nc2ccc(-n3cncn3)nc2)CC1. The lowest BCUT2D eigenvalue weighted by molar-refractivity contribution is -0.118. The van der Waals surface area contributed by atoms with Crippen molar-refractivity contribution in [1.29, 1.82) is 0 Å². The van der Waals surface area contributed by atoms with Gasteiger partial charge in [-0.2, -0.15) is 5.10 Å². The first-order valence-corrected chi connectivity index (χ1v) is 5.59. The molecule has 2 heterocycles. The summed E-state index contributed by atoms with van der Waals surface area (Å²) in [6.45, 7) is 0. The number of nitrogens with zero attached hydrogens (tertiary/aromatic N) is 4.